The summed E-state index contributed by atoms with van der Waals surface area (Å²) < 4.78 is 0. The molecule has 2 rings (SSSR count). The second kappa shape index (κ2) is 8.45. The number of hydrogen-bond donors (Lipinski definition) is 3. The van der Waals surface area contributed by atoms with E-state index in [0.717, 1.165) is 19.5 Å². The van der Waals surface area contributed by atoms with Crippen molar-refractivity contribution in [1.29, 1.82) is 0 Å². The molecule has 1 aromatic carbocycles. The predicted molar refractivity (Wildman–Crippen MR) is 91.1 cm³/mol. The van der Waals surface area contributed by atoms with Crippen molar-refractivity contribution in [2.75, 3.05) is 26.7 Å². The van der Waals surface area contributed by atoms with Crippen molar-refractivity contribution in [3.05, 3.63) is 47.7 Å². The minimum atomic E-state index is -0.621. The second-order valence-electron chi connectivity index (χ2n) is 5.59. The van der Waals surface area contributed by atoms with Crippen LogP contribution < -0.4 is 11.1 Å². The molecule has 6 nitrogen and oxygen atoms in total. The van der Waals surface area contributed by atoms with E-state index in [9.17, 15) is 9.90 Å². The number of aliphatic hydroxyl groups excluding tert-OH is 1. The van der Waals surface area contributed by atoms with Gasteiger partial charge in [-0.05, 0) is 29.8 Å². The molecule has 4 N–H and O–H groups in total. The van der Waals surface area contributed by atoms with Gasteiger partial charge in [0.15, 0.2) is 0 Å². The van der Waals surface area contributed by atoms with E-state index in [-0.39, 0.29) is 18.2 Å². The summed E-state index contributed by atoms with van der Waals surface area (Å²) in [4.78, 5) is 17.9. The van der Waals surface area contributed by atoms with Gasteiger partial charge in [0, 0.05) is 33.2 Å². The van der Waals surface area contributed by atoms with E-state index in [1.807, 2.05) is 6.07 Å². The molecule has 1 amide bonds. The molecule has 23 heavy (non-hydrogen) atoms. The summed E-state index contributed by atoms with van der Waals surface area (Å²) in [5.41, 5.74) is 8.19. The first-order chi connectivity index (χ1) is 11.1. The fraction of sp³-hybridized carbons (Fsp3) is 0.412. The van der Waals surface area contributed by atoms with Gasteiger partial charge < -0.3 is 16.2 Å². The molecule has 0 unspecified atom stereocenters. The molecule has 1 aliphatic rings. The number of hydrogen-bond acceptors (Lipinski definition) is 5. The van der Waals surface area contributed by atoms with E-state index in [1.54, 1.807) is 0 Å². The van der Waals surface area contributed by atoms with E-state index in [2.05, 4.69) is 33.4 Å². The second-order valence-corrected chi connectivity index (χ2v) is 5.59. The fourth-order valence-corrected chi connectivity index (χ4v) is 2.72. The van der Waals surface area contributed by atoms with Crippen molar-refractivity contribution in [3.63, 3.8) is 0 Å². The molecule has 0 spiro atoms. The number of β-amino-alcohol motifs (C(OH)–C–C–N with tert-alkyl or cyclic N) is 1. The van der Waals surface area contributed by atoms with Gasteiger partial charge in [0.1, 0.15) is 5.71 Å². The number of fused-ring (bicyclic) bond motifs is 1. The maximum atomic E-state index is 11.9. The molecule has 6 heteroatoms. The highest BCUT2D eigenvalue weighted by molar-refractivity contribution is 6.43. The Morgan fingerprint density at radius 3 is 2.91 bits per heavy atom. The summed E-state index contributed by atoms with van der Waals surface area (Å²) in [5.74, 6) is -0.336. The lowest BCUT2D eigenvalue weighted by atomic mass is 10.00. The van der Waals surface area contributed by atoms with E-state index in [4.69, 9.17) is 5.73 Å². The van der Waals surface area contributed by atoms with Gasteiger partial charge in [0.25, 0.3) is 5.91 Å². The monoisotopic (exact) mass is 316 g/mol. The first-order valence-electron chi connectivity index (χ1n) is 7.74. The fourth-order valence-electron chi connectivity index (χ4n) is 2.72. The molecule has 1 atom stereocenters. The molecule has 0 aromatic heterocycles. The van der Waals surface area contributed by atoms with Crippen molar-refractivity contribution in [2.45, 2.75) is 19.1 Å². The normalized spacial score (nSPS) is 17.0. The highest BCUT2D eigenvalue weighted by Crippen LogP contribution is 2.18. The summed E-state index contributed by atoms with van der Waals surface area (Å²) in [6, 6.07) is 8.37. The average Bonchev–Trinajstić information content (AvgIpc) is 2.57. The molecule has 0 radical (unpaired) electrons. The molecular formula is C17H24N4O2. The van der Waals surface area contributed by atoms with Gasteiger partial charge in [0.2, 0.25) is 0 Å². The molecule has 1 aliphatic heterocycles. The summed E-state index contributed by atoms with van der Waals surface area (Å²) in [5, 5.41) is 12.8. The van der Waals surface area contributed by atoms with Gasteiger partial charge in [0.05, 0.1) is 6.10 Å². The zero-order chi connectivity index (χ0) is 16.7. The Bertz CT molecular complexity index is 598. The van der Waals surface area contributed by atoms with E-state index in [1.165, 1.54) is 30.5 Å². The Kier molecular flexibility index (Phi) is 6.31. The highest BCUT2D eigenvalue weighted by atomic mass is 16.3. The first-order valence-corrected chi connectivity index (χ1v) is 7.74. The number of benzene rings is 1. The third-order valence-corrected chi connectivity index (χ3v) is 3.90. The van der Waals surface area contributed by atoms with Crippen molar-refractivity contribution in [2.24, 2.45) is 10.7 Å². The van der Waals surface area contributed by atoms with Crippen LogP contribution in [0.2, 0.25) is 0 Å². The smallest absolute Gasteiger partial charge is 0.269 e. The third-order valence-electron chi connectivity index (χ3n) is 3.90. The number of nitrogens with zero attached hydrogens (tertiary/aromatic N) is 2. The van der Waals surface area contributed by atoms with Crippen LogP contribution in [0.4, 0.5) is 0 Å². The topological polar surface area (TPSA) is 90.9 Å². The van der Waals surface area contributed by atoms with E-state index in [0.29, 0.717) is 6.54 Å². The minimum Gasteiger partial charge on any atom is -0.405 e. The highest BCUT2D eigenvalue weighted by Gasteiger charge is 2.19. The van der Waals surface area contributed by atoms with Gasteiger partial charge in [-0.3, -0.25) is 14.7 Å². The number of carbonyl (C=O) groups is 1. The number of nitrogens with two attached hydrogens (primary N) is 1. The van der Waals surface area contributed by atoms with Crippen LogP contribution in [0.5, 0.6) is 0 Å². The van der Waals surface area contributed by atoms with Crippen LogP contribution in [0.3, 0.4) is 0 Å². The number of aliphatic imine (C=N–C) groups is 1. The van der Waals surface area contributed by atoms with Crippen LogP contribution in [0, 0.1) is 0 Å². The lowest BCUT2D eigenvalue weighted by molar-refractivity contribution is -0.115. The number of rotatable bonds is 6. The Morgan fingerprint density at radius 1 is 1.48 bits per heavy atom. The number of nitrogens with one attached hydrogen (secondary N) is 1. The Balaban J connectivity index is 1.80. The molecule has 0 fully saturated rings. The molecular weight excluding hydrogens is 292 g/mol. The summed E-state index contributed by atoms with van der Waals surface area (Å²) >= 11 is 0. The predicted octanol–water partition coefficient (Wildman–Crippen LogP) is 0.0650. The van der Waals surface area contributed by atoms with Gasteiger partial charge in [-0.2, -0.15) is 0 Å². The quantitative estimate of drug-likeness (QED) is 0.648. The number of carbonyl (C=O) groups excluding carboxylic acids is 1. The maximum Gasteiger partial charge on any atom is 0.269 e. The summed E-state index contributed by atoms with van der Waals surface area (Å²) in [6.45, 7) is 2.46. The Morgan fingerprint density at radius 2 is 2.22 bits per heavy atom. The van der Waals surface area contributed by atoms with Gasteiger partial charge in [-0.25, -0.2) is 0 Å². The van der Waals surface area contributed by atoms with Crippen molar-refractivity contribution in [3.8, 4) is 0 Å². The van der Waals surface area contributed by atoms with Gasteiger partial charge in [-0.15, -0.1) is 0 Å². The largest absolute Gasteiger partial charge is 0.405 e. The SMILES string of the molecule is C/N=C(\C=C/N)C(=O)NC[C@@H](O)CN1CCc2ccccc2C1. The standard InChI is InChI=1S/C17H24N4O2/c1-19-16(6-8-18)17(23)20-10-15(22)12-21-9-7-13-4-2-3-5-14(13)11-21/h2-6,8,15,22H,7,9-12,18H2,1H3,(H,20,23)/b8-6-,19-16+/t15-/m1/s1. The van der Waals surface area contributed by atoms with Crippen LogP contribution in [0.15, 0.2) is 41.5 Å². The zero-order valence-electron chi connectivity index (χ0n) is 13.4. The Labute approximate surface area is 136 Å². The molecule has 1 aromatic rings. The zero-order valence-corrected chi connectivity index (χ0v) is 13.4. The van der Waals surface area contributed by atoms with Crippen molar-refractivity contribution >= 4 is 11.6 Å². The van der Waals surface area contributed by atoms with Crippen LogP contribution in [-0.2, 0) is 17.8 Å². The van der Waals surface area contributed by atoms with Crippen LogP contribution in [-0.4, -0.2) is 54.4 Å². The van der Waals surface area contributed by atoms with Crippen molar-refractivity contribution in [1.82, 2.24) is 10.2 Å². The molecule has 0 saturated carbocycles. The third kappa shape index (κ3) is 4.91. The molecule has 124 valence electrons. The Hall–Kier alpha value is -2.18. The minimum absolute atomic E-state index is 0.189. The first kappa shape index (κ1) is 17.2. The molecule has 0 bridgehead atoms. The number of amides is 1. The molecule has 0 aliphatic carbocycles. The molecule has 0 saturated heterocycles. The van der Waals surface area contributed by atoms with Crippen LogP contribution in [0.1, 0.15) is 11.1 Å². The van der Waals surface area contributed by atoms with E-state index >= 15 is 0 Å². The summed E-state index contributed by atoms with van der Waals surface area (Å²) in [7, 11) is 1.52. The molecule has 1 heterocycles. The lowest BCUT2D eigenvalue weighted by Gasteiger charge is -2.30. The maximum absolute atomic E-state index is 11.9. The lowest BCUT2D eigenvalue weighted by Crippen LogP contribution is -2.43. The van der Waals surface area contributed by atoms with Gasteiger partial charge >= 0.3 is 0 Å². The van der Waals surface area contributed by atoms with E-state index < -0.39 is 6.10 Å². The van der Waals surface area contributed by atoms with Crippen LogP contribution >= 0.6 is 0 Å². The summed E-state index contributed by atoms with van der Waals surface area (Å²) in [6.07, 6.45) is 3.07. The van der Waals surface area contributed by atoms with Crippen LogP contribution in [0.25, 0.3) is 0 Å². The average molecular weight is 316 g/mol. The number of aliphatic hydroxyl groups is 1. The van der Waals surface area contributed by atoms with Crippen molar-refractivity contribution < 1.29 is 9.90 Å². The van der Waals surface area contributed by atoms with Gasteiger partial charge in [-0.1, -0.05) is 24.3 Å².